The molecule has 0 aromatic rings. The van der Waals surface area contributed by atoms with Crippen LogP contribution in [0.15, 0.2) is 0 Å². The predicted molar refractivity (Wildman–Crippen MR) is 13.4 cm³/mol. The van der Waals surface area contributed by atoms with Crippen molar-refractivity contribution in [2.45, 2.75) is 0 Å². The Kier molecular flexibility index (Phi) is 44.9. The smallest absolute Gasteiger partial charge is 0.822 e. The third kappa shape index (κ3) is 96.6. The van der Waals surface area contributed by atoms with Crippen molar-refractivity contribution in [3.05, 3.63) is 0 Å². The quantitative estimate of drug-likeness (QED) is 0.315. The van der Waals surface area contributed by atoms with Gasteiger partial charge in [-0.25, -0.2) is 0 Å². The second-order valence-electron chi connectivity index (χ2n) is 0.447. The van der Waals surface area contributed by atoms with Crippen LogP contribution in [0.25, 0.3) is 0 Å². The van der Waals surface area contributed by atoms with Crippen molar-refractivity contribution in [2.75, 3.05) is 0 Å². The maximum absolute atomic E-state index is 8.55. The Balaban J connectivity index is -0.0000000133. The predicted octanol–water partition coefficient (Wildman–Crippen LogP) is -6.21. The first-order chi connectivity index (χ1) is 2.00. The minimum atomic E-state index is -5.39. The summed E-state index contributed by atoms with van der Waals surface area (Å²) in [6.07, 6.45) is 0. The van der Waals surface area contributed by atoms with E-state index in [4.69, 9.17) is 19.2 Å². The van der Waals surface area contributed by atoms with Crippen LogP contribution in [0.2, 0.25) is 0 Å². The molecule has 0 aliphatic carbocycles. The first-order valence-corrected chi connectivity index (χ1v) is 2.19. The molecule has 0 aromatic heterocycles. The number of phosphoric acid groups is 1. The zero-order valence-electron chi connectivity index (χ0n) is 4.61. The van der Waals surface area contributed by atoms with Crippen LogP contribution in [-0.4, -0.2) is 37.7 Å². The molecule has 0 N–H and O–H groups in total. The van der Waals surface area contributed by atoms with Crippen LogP contribution < -0.4 is 33.5 Å². The van der Waals surface area contributed by atoms with E-state index in [0.717, 1.165) is 0 Å². The maximum Gasteiger partial charge on any atom is 2.00 e. The van der Waals surface area contributed by atoms with Gasteiger partial charge in [-0.3, -0.25) is 0 Å². The van der Waals surface area contributed by atoms with Crippen LogP contribution in [0.5, 0.6) is 0 Å². The van der Waals surface area contributed by atoms with Crippen molar-refractivity contribution in [3.63, 3.8) is 0 Å². The van der Waals surface area contributed by atoms with E-state index in [9.17, 15) is 0 Å². The Bertz CT molecular complexity index is 66.7. The summed E-state index contributed by atoms with van der Waals surface area (Å²) in [6, 6.07) is 0. The molecule has 0 aliphatic rings. The third-order valence-electron chi connectivity index (χ3n) is 0. The summed E-state index contributed by atoms with van der Waals surface area (Å²) >= 11 is 0. The van der Waals surface area contributed by atoms with E-state index in [1.807, 2.05) is 0 Å². The van der Waals surface area contributed by atoms with Crippen molar-refractivity contribution in [1.82, 2.24) is 0 Å². The van der Waals surface area contributed by atoms with E-state index >= 15 is 0 Å². The minimum Gasteiger partial charge on any atom is -0.822 e. The average molecular weight is 248 g/mol. The fourth-order valence-corrected chi connectivity index (χ4v) is 0. The van der Waals surface area contributed by atoms with Gasteiger partial charge in [0.25, 0.3) is 0 Å². The Morgan fingerprint density at radius 2 is 1.11 bits per heavy atom. The summed E-state index contributed by atoms with van der Waals surface area (Å²) in [5.41, 5.74) is 0. The van der Waals surface area contributed by atoms with Crippen LogP contribution in [0.3, 0.4) is 0 Å². The molecule has 0 spiro atoms. The molecule has 0 aromatic carbocycles. The normalized spacial score (nSPS) is 6.56. The van der Waals surface area contributed by atoms with E-state index in [0.29, 0.717) is 0 Å². The van der Waals surface area contributed by atoms with Gasteiger partial charge in [0.05, 0.1) is 0 Å². The second-order valence-corrected chi connectivity index (χ2v) is 1.34. The van der Waals surface area contributed by atoms with Gasteiger partial charge >= 0.3 is 73.7 Å². The van der Waals surface area contributed by atoms with Gasteiger partial charge in [0, 0.05) is 18.6 Å². The molecule has 0 bridgehead atoms. The fourth-order valence-electron chi connectivity index (χ4n) is 0. The first-order valence-electron chi connectivity index (χ1n) is 0.730. The molecule has 0 unspecified atom stereocenters. The van der Waals surface area contributed by atoms with Crippen LogP contribution in [0.1, 0.15) is 0 Å². The van der Waals surface area contributed by atoms with Crippen LogP contribution in [-0.2, 0) is 40.2 Å². The van der Waals surface area contributed by atoms with Gasteiger partial charge in [0.1, 0.15) is 0 Å². The van der Waals surface area contributed by atoms with Crippen LogP contribution in [0, 0.1) is 0 Å². The minimum absolute atomic E-state index is 0. The fraction of sp³-hybridized carbons (Fsp3) is 0. The molecule has 9 heavy (non-hydrogen) atoms. The summed E-state index contributed by atoms with van der Waals surface area (Å²) in [4.78, 5) is 25.6. The Morgan fingerprint density at radius 3 is 1.11 bits per heavy atom. The van der Waals surface area contributed by atoms with Crippen molar-refractivity contribution < 1.29 is 73.7 Å². The molecule has 0 amide bonds. The molecule has 42 valence electrons. The molecule has 0 saturated heterocycles. The number of hydrogen-bond acceptors (Lipinski definition) is 4. The van der Waals surface area contributed by atoms with Gasteiger partial charge < -0.3 is 19.2 Å². The summed E-state index contributed by atoms with van der Waals surface area (Å²) in [5.74, 6) is 0. The standard InChI is InChI=1S/Ca.Li.Mn.H3O4P.V/c;;;1-5(2,3)4;/h;;;(H3,1,2,3,4);/q+2;+1;+2;;/p-3. The Hall–Kier alpha value is 3.07. The van der Waals surface area contributed by atoms with Gasteiger partial charge in [-0.15, -0.1) is 0 Å². The van der Waals surface area contributed by atoms with E-state index in [2.05, 4.69) is 0 Å². The summed E-state index contributed by atoms with van der Waals surface area (Å²) in [7, 11) is -5.39. The first kappa shape index (κ1) is 29.6. The van der Waals surface area contributed by atoms with E-state index in [1.54, 1.807) is 0 Å². The van der Waals surface area contributed by atoms with Crippen molar-refractivity contribution in [3.8, 4) is 0 Å². The molecule has 0 heterocycles. The molecule has 0 rings (SSSR count). The molecule has 4 nitrogen and oxygen atoms in total. The molecule has 0 fully saturated rings. The topological polar surface area (TPSA) is 86.2 Å². The van der Waals surface area contributed by atoms with Crippen LogP contribution in [0.4, 0.5) is 0 Å². The Morgan fingerprint density at radius 1 is 1.11 bits per heavy atom. The molecular weight excluding hydrogens is 248 g/mol. The third-order valence-corrected chi connectivity index (χ3v) is 0. The zero-order chi connectivity index (χ0) is 4.50. The largest absolute Gasteiger partial charge is 2.00 e. The van der Waals surface area contributed by atoms with Gasteiger partial charge in [0.2, 0.25) is 0 Å². The van der Waals surface area contributed by atoms with Gasteiger partial charge in [0.15, 0.2) is 0 Å². The summed E-state index contributed by atoms with van der Waals surface area (Å²) < 4.78 is 8.55. The second kappa shape index (κ2) is 13.6. The molecular formula is CaLiMnO4PV+2. The molecule has 2 radical (unpaired) electrons. The molecule has 0 atom stereocenters. The maximum atomic E-state index is 8.55. The summed E-state index contributed by atoms with van der Waals surface area (Å²) in [6.45, 7) is 0. The molecule has 0 aliphatic heterocycles. The molecule has 0 saturated carbocycles. The van der Waals surface area contributed by atoms with Crippen molar-refractivity contribution >= 4 is 45.6 Å². The van der Waals surface area contributed by atoms with Crippen molar-refractivity contribution in [2.24, 2.45) is 0 Å². The van der Waals surface area contributed by atoms with E-state index < -0.39 is 7.82 Å². The molecule has 9 heteroatoms. The monoisotopic (exact) mass is 248 g/mol. The average Bonchev–Trinajstić information content (AvgIpc) is 0.722. The van der Waals surface area contributed by atoms with Gasteiger partial charge in [-0.1, -0.05) is 0 Å². The van der Waals surface area contributed by atoms with Gasteiger partial charge in [-0.2, -0.15) is 7.82 Å². The number of hydrogen-bond donors (Lipinski definition) is 0. The van der Waals surface area contributed by atoms with Gasteiger partial charge in [-0.05, 0) is 0 Å². The SMILES string of the molecule is O=P([O-])([O-])[O-].[Ca+2].[Li+].[Mn+2].[V]. The Labute approximate surface area is 117 Å². The van der Waals surface area contributed by atoms with E-state index in [1.165, 1.54) is 0 Å². The zero-order valence-corrected chi connectivity index (χ0v) is 10.3. The van der Waals surface area contributed by atoms with E-state index in [-0.39, 0.29) is 92.2 Å². The van der Waals surface area contributed by atoms with Crippen LogP contribution >= 0.6 is 7.82 Å². The number of rotatable bonds is 0. The van der Waals surface area contributed by atoms with Crippen molar-refractivity contribution in [1.29, 1.82) is 0 Å². The summed E-state index contributed by atoms with van der Waals surface area (Å²) in [5, 5.41) is 0.